The summed E-state index contributed by atoms with van der Waals surface area (Å²) in [6.07, 6.45) is 0. The van der Waals surface area contributed by atoms with Crippen LogP contribution in [0.25, 0.3) is 5.48 Å². The predicted octanol–water partition coefficient (Wildman–Crippen LogP) is -0.813. The SMILES string of the molecule is [CH2-]C(=O)[N-]OS(N)=O.[V+2]. The number of rotatable bonds is 2. The Bertz CT molecular complexity index is 104. The number of amides is 1. The molecule has 0 aliphatic heterocycles. The minimum Gasteiger partial charge on any atom is -0.541 e. The van der Waals surface area contributed by atoms with Gasteiger partial charge >= 0.3 is 18.6 Å². The van der Waals surface area contributed by atoms with E-state index in [4.69, 9.17) is 0 Å². The van der Waals surface area contributed by atoms with Gasteiger partial charge in [0.25, 0.3) is 0 Å². The van der Waals surface area contributed by atoms with Crippen LogP contribution in [0.15, 0.2) is 0 Å². The van der Waals surface area contributed by atoms with Gasteiger partial charge in [-0.15, -0.1) is 0 Å². The van der Waals surface area contributed by atoms with Gasteiger partial charge in [-0.3, -0.25) is 0 Å². The molecule has 0 rings (SSSR count). The van der Waals surface area contributed by atoms with Gasteiger partial charge < -0.3 is 21.5 Å². The van der Waals surface area contributed by atoms with Crippen molar-refractivity contribution in [3.8, 4) is 0 Å². The molecule has 0 saturated heterocycles. The van der Waals surface area contributed by atoms with Gasteiger partial charge in [0.05, 0.1) is 0 Å². The Morgan fingerprint density at radius 1 is 1.78 bits per heavy atom. The van der Waals surface area contributed by atoms with E-state index in [0.717, 1.165) is 0 Å². The molecule has 7 heteroatoms. The first kappa shape index (κ1) is 11.8. The number of hydroxylamine groups is 1. The van der Waals surface area contributed by atoms with Crippen molar-refractivity contribution in [3.05, 3.63) is 12.4 Å². The monoisotopic (exact) mass is 187 g/mol. The molecule has 1 unspecified atom stereocenters. The Labute approximate surface area is 66.9 Å². The molecular formula is C2H4N2O3SV. The number of hydrogen-bond acceptors (Lipinski definition) is 3. The Hall–Kier alpha value is -0.00558. The molecule has 0 aliphatic rings. The van der Waals surface area contributed by atoms with Crippen molar-refractivity contribution in [1.82, 2.24) is 0 Å². The second kappa shape index (κ2) is 6.12. The minimum atomic E-state index is -2.01. The third kappa shape index (κ3) is 11.5. The van der Waals surface area contributed by atoms with E-state index in [1.54, 1.807) is 0 Å². The van der Waals surface area contributed by atoms with Crippen LogP contribution in [-0.2, 0) is 38.9 Å². The summed E-state index contributed by atoms with van der Waals surface area (Å²) >= 11 is -2.01. The summed E-state index contributed by atoms with van der Waals surface area (Å²) in [4.78, 5) is 9.76. The first-order valence-corrected chi connectivity index (χ1v) is 2.67. The molecule has 0 aromatic rings. The predicted molar refractivity (Wildman–Crippen MR) is 27.1 cm³/mol. The number of nitrogens with zero attached hydrogens (tertiary/aromatic N) is 1. The smallest absolute Gasteiger partial charge is 0.541 e. The number of carbonyl (C=O) groups excluding carboxylic acids is 1. The molecule has 0 saturated carbocycles. The van der Waals surface area contributed by atoms with E-state index in [2.05, 4.69) is 21.8 Å². The summed E-state index contributed by atoms with van der Waals surface area (Å²) in [5.41, 5.74) is 2.65. The first-order chi connectivity index (χ1) is 3.63. The summed E-state index contributed by atoms with van der Waals surface area (Å²) < 4.78 is 13.5. The molecule has 1 atom stereocenters. The van der Waals surface area contributed by atoms with E-state index in [0.29, 0.717) is 0 Å². The molecule has 0 fully saturated rings. The van der Waals surface area contributed by atoms with Crippen LogP contribution in [0.2, 0.25) is 0 Å². The second-order valence-electron chi connectivity index (χ2n) is 0.820. The fourth-order valence-electron chi connectivity index (χ4n) is 0.0783. The van der Waals surface area contributed by atoms with Crippen molar-refractivity contribution in [2.75, 3.05) is 0 Å². The molecule has 5 nitrogen and oxygen atoms in total. The van der Waals surface area contributed by atoms with Crippen molar-refractivity contribution in [2.24, 2.45) is 5.14 Å². The maximum absolute atomic E-state index is 9.76. The first-order valence-electron chi connectivity index (χ1n) is 1.53. The van der Waals surface area contributed by atoms with Gasteiger partial charge in [0.1, 0.15) is 0 Å². The molecule has 9 heavy (non-hydrogen) atoms. The molecule has 0 aromatic heterocycles. The summed E-state index contributed by atoms with van der Waals surface area (Å²) in [6, 6.07) is 0. The van der Waals surface area contributed by atoms with Crippen LogP contribution in [0, 0.1) is 6.92 Å². The maximum Gasteiger partial charge on any atom is 2.00 e. The maximum atomic E-state index is 9.76. The Morgan fingerprint density at radius 3 is 2.33 bits per heavy atom. The molecule has 0 bridgehead atoms. The third-order valence-corrected chi connectivity index (χ3v) is 0.434. The van der Waals surface area contributed by atoms with Crippen molar-refractivity contribution < 1.29 is 31.8 Å². The van der Waals surface area contributed by atoms with E-state index < -0.39 is 17.2 Å². The zero-order valence-electron chi connectivity index (χ0n) is 4.31. The zero-order valence-corrected chi connectivity index (χ0v) is 6.53. The molecule has 2 N–H and O–H groups in total. The quantitative estimate of drug-likeness (QED) is 0.453. The third-order valence-electron chi connectivity index (χ3n) is 0.213. The summed E-state index contributed by atoms with van der Waals surface area (Å²) in [7, 11) is 0. The Balaban J connectivity index is 0. The normalized spacial score (nSPS) is 11.2. The van der Waals surface area contributed by atoms with E-state index in [-0.39, 0.29) is 18.6 Å². The minimum absolute atomic E-state index is 0. The number of nitrogens with two attached hydrogens (primary N) is 1. The van der Waals surface area contributed by atoms with E-state index in [9.17, 15) is 9.00 Å². The van der Waals surface area contributed by atoms with Crippen molar-refractivity contribution >= 4 is 17.2 Å². The van der Waals surface area contributed by atoms with E-state index in [1.807, 2.05) is 0 Å². The standard InChI is InChI=1S/C2H5N2O3S.V/c1-2(5)4-7-8(3)6;/h1,3H2,(H,4,5);/q-1;+2/p-1. The summed E-state index contributed by atoms with van der Waals surface area (Å²) in [5.74, 6) is -0.816. The van der Waals surface area contributed by atoms with Crippen molar-refractivity contribution in [2.45, 2.75) is 0 Å². The molecule has 0 aliphatic carbocycles. The summed E-state index contributed by atoms with van der Waals surface area (Å²) in [6.45, 7) is 2.79. The molecule has 51 valence electrons. The van der Waals surface area contributed by atoms with E-state index in [1.165, 1.54) is 0 Å². The average Bonchev–Trinajstić information content (AvgIpc) is 1.61. The van der Waals surface area contributed by atoms with E-state index >= 15 is 0 Å². The van der Waals surface area contributed by atoms with Crippen LogP contribution in [-0.4, -0.2) is 10.1 Å². The molecule has 1 radical (unpaired) electrons. The molecule has 0 spiro atoms. The van der Waals surface area contributed by atoms with Crippen LogP contribution in [0.1, 0.15) is 0 Å². The topological polar surface area (TPSA) is 83.5 Å². The van der Waals surface area contributed by atoms with Gasteiger partial charge in [-0.25, -0.2) is 9.35 Å². The van der Waals surface area contributed by atoms with Gasteiger partial charge in [0.15, 0.2) is 0 Å². The summed E-state index contributed by atoms with van der Waals surface area (Å²) in [5, 5.41) is 4.52. The Morgan fingerprint density at radius 2 is 2.22 bits per heavy atom. The second-order valence-corrected chi connectivity index (χ2v) is 1.49. The zero-order chi connectivity index (χ0) is 6.57. The van der Waals surface area contributed by atoms with Crippen molar-refractivity contribution in [1.29, 1.82) is 0 Å². The van der Waals surface area contributed by atoms with Gasteiger partial charge in [0.2, 0.25) is 11.3 Å². The van der Waals surface area contributed by atoms with Gasteiger partial charge in [-0.05, 0) is 0 Å². The molecular weight excluding hydrogens is 183 g/mol. The fourth-order valence-corrected chi connectivity index (χ4v) is 0.235. The molecule has 0 aromatic carbocycles. The fraction of sp³-hybridized carbons (Fsp3) is 0. The van der Waals surface area contributed by atoms with Crippen LogP contribution >= 0.6 is 0 Å². The van der Waals surface area contributed by atoms with Crippen LogP contribution in [0.4, 0.5) is 0 Å². The van der Waals surface area contributed by atoms with Crippen LogP contribution in [0.3, 0.4) is 0 Å². The molecule has 1 amide bonds. The Kier molecular flexibility index (Phi) is 7.99. The molecule has 0 heterocycles. The van der Waals surface area contributed by atoms with Gasteiger partial charge in [-0.1, -0.05) is 5.91 Å². The number of carbonyl (C=O) groups is 1. The average molecular weight is 187 g/mol. The van der Waals surface area contributed by atoms with Crippen molar-refractivity contribution in [3.63, 3.8) is 0 Å². The number of hydrogen-bond donors (Lipinski definition) is 1. The van der Waals surface area contributed by atoms with Gasteiger partial charge in [0, 0.05) is 0 Å². The van der Waals surface area contributed by atoms with Gasteiger partial charge in [-0.2, -0.15) is 0 Å². The van der Waals surface area contributed by atoms with Crippen LogP contribution in [0.5, 0.6) is 0 Å². The van der Waals surface area contributed by atoms with Crippen LogP contribution < -0.4 is 5.14 Å². The largest absolute Gasteiger partial charge is 2.00 e.